The largest absolute Gasteiger partial charge is 0.353 e. The third kappa shape index (κ3) is 3.85. The zero-order chi connectivity index (χ0) is 18.6. The summed E-state index contributed by atoms with van der Waals surface area (Å²) in [7, 11) is 0. The van der Waals surface area contributed by atoms with Crippen LogP contribution in [-0.2, 0) is 6.42 Å². The maximum atomic E-state index is 9.51. The lowest BCUT2D eigenvalue weighted by atomic mass is 9.90. The Morgan fingerprint density at radius 3 is 2.37 bits per heavy atom. The molecule has 4 rings (SSSR count). The number of anilines is 1. The van der Waals surface area contributed by atoms with Gasteiger partial charge < -0.3 is 4.90 Å². The van der Waals surface area contributed by atoms with Gasteiger partial charge in [-0.2, -0.15) is 5.26 Å². The van der Waals surface area contributed by atoms with Crippen molar-refractivity contribution in [3.05, 3.63) is 71.4 Å². The van der Waals surface area contributed by atoms with Gasteiger partial charge in [-0.3, -0.25) is 0 Å². The van der Waals surface area contributed by atoms with E-state index in [4.69, 9.17) is 0 Å². The Morgan fingerprint density at radius 1 is 1.00 bits per heavy atom. The standard InChI is InChI=1S/C22H23N5/c1-17-7-9-20(10-8-17)27-24-21(16-23)22(25-27)26-13-11-19(12-14-26)15-18-5-3-2-4-6-18/h2-10,19H,11-15H2,1H3. The number of aryl methyl sites for hydroxylation is 1. The van der Waals surface area contributed by atoms with Crippen LogP contribution < -0.4 is 4.90 Å². The lowest BCUT2D eigenvalue weighted by molar-refractivity contribution is 0.402. The summed E-state index contributed by atoms with van der Waals surface area (Å²) >= 11 is 0. The molecule has 0 radical (unpaired) electrons. The zero-order valence-corrected chi connectivity index (χ0v) is 15.5. The van der Waals surface area contributed by atoms with E-state index < -0.39 is 0 Å². The first-order valence-corrected chi connectivity index (χ1v) is 9.46. The lowest BCUT2D eigenvalue weighted by Gasteiger charge is -2.32. The SMILES string of the molecule is Cc1ccc(-n2nc(C#N)c(N3CCC(Cc4ccccc4)CC3)n2)cc1. The van der Waals surface area contributed by atoms with E-state index in [1.54, 1.807) is 4.80 Å². The molecule has 2 heterocycles. The Morgan fingerprint density at radius 2 is 1.70 bits per heavy atom. The summed E-state index contributed by atoms with van der Waals surface area (Å²) in [5.41, 5.74) is 3.87. The Labute approximate surface area is 159 Å². The number of rotatable bonds is 4. The first-order valence-electron chi connectivity index (χ1n) is 9.46. The molecule has 1 aliphatic rings. The maximum absolute atomic E-state index is 9.51. The second-order valence-corrected chi connectivity index (χ2v) is 7.23. The third-order valence-electron chi connectivity index (χ3n) is 5.25. The summed E-state index contributed by atoms with van der Waals surface area (Å²) in [5.74, 6) is 1.39. The molecule has 3 aromatic rings. The van der Waals surface area contributed by atoms with Crippen LogP contribution in [0.15, 0.2) is 54.6 Å². The van der Waals surface area contributed by atoms with Crippen molar-refractivity contribution in [2.24, 2.45) is 5.92 Å². The molecule has 0 saturated carbocycles. The number of benzene rings is 2. The summed E-state index contributed by atoms with van der Waals surface area (Å²) in [6.07, 6.45) is 3.34. The number of hydrogen-bond donors (Lipinski definition) is 0. The van der Waals surface area contributed by atoms with E-state index in [2.05, 4.69) is 51.5 Å². The van der Waals surface area contributed by atoms with E-state index in [-0.39, 0.29) is 0 Å². The normalized spacial score (nSPS) is 14.9. The predicted octanol–water partition coefficient (Wildman–Crippen LogP) is 3.91. The highest BCUT2D eigenvalue weighted by Gasteiger charge is 2.24. The molecule has 0 bridgehead atoms. The molecule has 136 valence electrons. The van der Waals surface area contributed by atoms with Crippen LogP contribution in [0.3, 0.4) is 0 Å². The van der Waals surface area contributed by atoms with Gasteiger partial charge in [0.1, 0.15) is 6.07 Å². The van der Waals surface area contributed by atoms with Crippen LogP contribution in [0.4, 0.5) is 5.82 Å². The molecule has 0 unspecified atom stereocenters. The molecule has 0 spiro atoms. The average Bonchev–Trinajstić information content (AvgIpc) is 3.14. The summed E-state index contributed by atoms with van der Waals surface area (Å²) < 4.78 is 0. The van der Waals surface area contributed by atoms with Gasteiger partial charge in [0.25, 0.3) is 0 Å². The van der Waals surface area contributed by atoms with Crippen molar-refractivity contribution in [3.63, 3.8) is 0 Å². The van der Waals surface area contributed by atoms with Gasteiger partial charge in [-0.1, -0.05) is 48.0 Å². The van der Waals surface area contributed by atoms with Crippen LogP contribution in [0.5, 0.6) is 0 Å². The van der Waals surface area contributed by atoms with Gasteiger partial charge in [-0.15, -0.1) is 15.0 Å². The highest BCUT2D eigenvalue weighted by Crippen LogP contribution is 2.26. The molecule has 5 nitrogen and oxygen atoms in total. The van der Waals surface area contributed by atoms with E-state index in [1.807, 2.05) is 31.2 Å². The average molecular weight is 357 g/mol. The monoisotopic (exact) mass is 357 g/mol. The molecule has 1 fully saturated rings. The Balaban J connectivity index is 1.46. The van der Waals surface area contributed by atoms with Crippen molar-refractivity contribution in [1.82, 2.24) is 15.0 Å². The van der Waals surface area contributed by atoms with Gasteiger partial charge >= 0.3 is 0 Å². The van der Waals surface area contributed by atoms with Crippen LogP contribution in [0, 0.1) is 24.2 Å². The minimum atomic E-state index is 0.400. The molecule has 0 atom stereocenters. The molecular formula is C22H23N5. The minimum Gasteiger partial charge on any atom is -0.353 e. The Hall–Kier alpha value is -3.13. The molecule has 2 aromatic carbocycles. The van der Waals surface area contributed by atoms with Gasteiger partial charge in [0.15, 0.2) is 5.82 Å². The Bertz CT molecular complexity index is 929. The maximum Gasteiger partial charge on any atom is 0.207 e. The second kappa shape index (κ2) is 7.63. The van der Waals surface area contributed by atoms with Crippen molar-refractivity contribution in [1.29, 1.82) is 5.26 Å². The van der Waals surface area contributed by atoms with Crippen LogP contribution in [0.1, 0.15) is 29.7 Å². The molecular weight excluding hydrogens is 334 g/mol. The second-order valence-electron chi connectivity index (χ2n) is 7.23. The molecule has 1 aliphatic heterocycles. The highest BCUT2D eigenvalue weighted by molar-refractivity contribution is 5.50. The summed E-state index contributed by atoms with van der Waals surface area (Å²) in [6, 6.07) is 20.9. The lowest BCUT2D eigenvalue weighted by Crippen LogP contribution is -2.35. The molecule has 1 aromatic heterocycles. The van der Waals surface area contributed by atoms with E-state index in [0.29, 0.717) is 17.4 Å². The van der Waals surface area contributed by atoms with Crippen molar-refractivity contribution in [2.45, 2.75) is 26.2 Å². The number of aromatic nitrogens is 3. The molecule has 27 heavy (non-hydrogen) atoms. The van der Waals surface area contributed by atoms with E-state index in [0.717, 1.165) is 38.0 Å². The van der Waals surface area contributed by atoms with Crippen LogP contribution in [0.25, 0.3) is 5.69 Å². The zero-order valence-electron chi connectivity index (χ0n) is 15.5. The number of nitrogens with zero attached hydrogens (tertiary/aromatic N) is 5. The van der Waals surface area contributed by atoms with Crippen molar-refractivity contribution in [3.8, 4) is 11.8 Å². The molecule has 0 amide bonds. The quantitative estimate of drug-likeness (QED) is 0.710. The van der Waals surface area contributed by atoms with E-state index >= 15 is 0 Å². The topological polar surface area (TPSA) is 57.7 Å². The first kappa shape index (κ1) is 17.3. The van der Waals surface area contributed by atoms with Crippen molar-refractivity contribution < 1.29 is 0 Å². The minimum absolute atomic E-state index is 0.400. The van der Waals surface area contributed by atoms with Crippen LogP contribution in [0.2, 0.25) is 0 Å². The first-order chi connectivity index (χ1) is 13.2. The summed E-state index contributed by atoms with van der Waals surface area (Å²) in [5, 5.41) is 18.5. The fourth-order valence-corrected chi connectivity index (χ4v) is 3.67. The highest BCUT2D eigenvalue weighted by atomic mass is 15.5. The van der Waals surface area contributed by atoms with Gasteiger partial charge in [0.05, 0.1) is 5.69 Å². The molecule has 0 aliphatic carbocycles. The van der Waals surface area contributed by atoms with Crippen LogP contribution >= 0.6 is 0 Å². The summed E-state index contributed by atoms with van der Waals surface area (Å²) in [4.78, 5) is 3.78. The molecule has 1 saturated heterocycles. The van der Waals surface area contributed by atoms with Crippen molar-refractivity contribution >= 4 is 5.82 Å². The van der Waals surface area contributed by atoms with E-state index in [9.17, 15) is 5.26 Å². The number of nitriles is 1. The summed E-state index contributed by atoms with van der Waals surface area (Å²) in [6.45, 7) is 3.88. The molecule has 5 heteroatoms. The van der Waals surface area contributed by atoms with Gasteiger partial charge in [0, 0.05) is 13.1 Å². The number of piperidine rings is 1. The fraction of sp³-hybridized carbons (Fsp3) is 0.318. The third-order valence-corrected chi connectivity index (χ3v) is 5.25. The van der Waals surface area contributed by atoms with Gasteiger partial charge in [-0.05, 0) is 49.8 Å². The number of hydrogen-bond acceptors (Lipinski definition) is 4. The fourth-order valence-electron chi connectivity index (χ4n) is 3.67. The van der Waals surface area contributed by atoms with Crippen LogP contribution in [-0.4, -0.2) is 28.1 Å². The van der Waals surface area contributed by atoms with Crippen molar-refractivity contribution in [2.75, 3.05) is 18.0 Å². The van der Waals surface area contributed by atoms with Gasteiger partial charge in [0.2, 0.25) is 5.69 Å². The smallest absolute Gasteiger partial charge is 0.207 e. The predicted molar refractivity (Wildman–Crippen MR) is 106 cm³/mol. The van der Waals surface area contributed by atoms with E-state index in [1.165, 1.54) is 11.1 Å². The molecule has 0 N–H and O–H groups in total. The van der Waals surface area contributed by atoms with Gasteiger partial charge in [-0.25, -0.2) is 0 Å². The Kier molecular flexibility index (Phi) is 4.88.